The maximum atomic E-state index is 5.50. The number of nitrogens with zero attached hydrogens (tertiary/aromatic N) is 1. The van der Waals surface area contributed by atoms with E-state index in [1.165, 1.54) is 0 Å². The van der Waals surface area contributed by atoms with Crippen LogP contribution in [0.4, 0.5) is 0 Å². The van der Waals surface area contributed by atoms with Crippen LogP contribution in [0.2, 0.25) is 0 Å². The first-order chi connectivity index (χ1) is 4.29. The van der Waals surface area contributed by atoms with Gasteiger partial charge >= 0.3 is 0 Å². The highest BCUT2D eigenvalue weighted by molar-refractivity contribution is 5.81. The summed E-state index contributed by atoms with van der Waals surface area (Å²) in [5, 5.41) is 0. The van der Waals surface area contributed by atoms with Gasteiger partial charge in [0.1, 0.15) is 0 Å². The summed E-state index contributed by atoms with van der Waals surface area (Å²) < 4.78 is 0. The fraction of sp³-hybridized carbons (Fsp3) is 0.571. The summed E-state index contributed by atoms with van der Waals surface area (Å²) in [4.78, 5) is 3.99. The molecule has 2 heteroatoms. The molecule has 0 spiro atoms. The van der Waals surface area contributed by atoms with Crippen molar-refractivity contribution in [1.82, 2.24) is 0 Å². The molecule has 1 unspecified atom stereocenters. The standard InChI is InChI=1S/C7H12N2/c1-6-2-3-7(8)9-5-4-6/h4-6H,2-3H2,1H3,(H2,8,9). The molecule has 1 heterocycles. The van der Waals surface area contributed by atoms with E-state index in [1.807, 2.05) is 0 Å². The third-order valence-corrected chi connectivity index (χ3v) is 1.51. The lowest BCUT2D eigenvalue weighted by atomic mass is 10.1. The molecule has 1 aliphatic rings. The monoisotopic (exact) mass is 124 g/mol. The fourth-order valence-electron chi connectivity index (χ4n) is 0.822. The van der Waals surface area contributed by atoms with E-state index >= 15 is 0 Å². The van der Waals surface area contributed by atoms with E-state index in [4.69, 9.17) is 5.73 Å². The van der Waals surface area contributed by atoms with E-state index in [1.54, 1.807) is 6.20 Å². The first-order valence-electron chi connectivity index (χ1n) is 3.28. The first-order valence-corrected chi connectivity index (χ1v) is 3.28. The van der Waals surface area contributed by atoms with Crippen LogP contribution in [0.3, 0.4) is 0 Å². The lowest BCUT2D eigenvalue weighted by Crippen LogP contribution is -2.10. The van der Waals surface area contributed by atoms with Gasteiger partial charge in [-0.2, -0.15) is 0 Å². The van der Waals surface area contributed by atoms with Gasteiger partial charge < -0.3 is 5.73 Å². The molecule has 9 heavy (non-hydrogen) atoms. The number of hydrogen-bond donors (Lipinski definition) is 1. The van der Waals surface area contributed by atoms with Crippen LogP contribution in [0.25, 0.3) is 0 Å². The van der Waals surface area contributed by atoms with Crippen molar-refractivity contribution in [3.63, 3.8) is 0 Å². The zero-order chi connectivity index (χ0) is 6.69. The van der Waals surface area contributed by atoms with Crippen molar-refractivity contribution in [1.29, 1.82) is 0 Å². The molecule has 2 N–H and O–H groups in total. The molecule has 0 saturated carbocycles. The number of aliphatic imine (C=N–C) groups is 1. The third kappa shape index (κ3) is 1.88. The molecule has 1 rings (SSSR count). The van der Waals surface area contributed by atoms with E-state index in [-0.39, 0.29) is 0 Å². The number of amidine groups is 1. The van der Waals surface area contributed by atoms with Crippen LogP contribution in [-0.2, 0) is 0 Å². The average molecular weight is 124 g/mol. The molecule has 1 atom stereocenters. The molecule has 0 amide bonds. The lowest BCUT2D eigenvalue weighted by molar-refractivity contribution is 0.673. The van der Waals surface area contributed by atoms with Crippen LogP contribution in [-0.4, -0.2) is 5.84 Å². The Morgan fingerprint density at radius 3 is 3.33 bits per heavy atom. The minimum atomic E-state index is 0.634. The van der Waals surface area contributed by atoms with Crippen LogP contribution in [0.15, 0.2) is 17.3 Å². The Balaban J connectivity index is 2.55. The van der Waals surface area contributed by atoms with Crippen LogP contribution < -0.4 is 5.73 Å². The fourth-order valence-corrected chi connectivity index (χ4v) is 0.822. The molecule has 1 aliphatic heterocycles. The zero-order valence-corrected chi connectivity index (χ0v) is 5.67. The molecule has 0 radical (unpaired) electrons. The van der Waals surface area contributed by atoms with Gasteiger partial charge in [-0.05, 0) is 12.3 Å². The van der Waals surface area contributed by atoms with Crippen molar-refractivity contribution in [3.8, 4) is 0 Å². The van der Waals surface area contributed by atoms with Crippen molar-refractivity contribution in [3.05, 3.63) is 12.3 Å². The van der Waals surface area contributed by atoms with Gasteiger partial charge in [0.05, 0.1) is 5.84 Å². The van der Waals surface area contributed by atoms with Gasteiger partial charge in [0.2, 0.25) is 0 Å². The second kappa shape index (κ2) is 2.67. The van der Waals surface area contributed by atoms with Crippen LogP contribution in [0.1, 0.15) is 19.8 Å². The van der Waals surface area contributed by atoms with Crippen molar-refractivity contribution in [2.75, 3.05) is 0 Å². The van der Waals surface area contributed by atoms with E-state index in [0.29, 0.717) is 5.92 Å². The number of nitrogens with two attached hydrogens (primary N) is 1. The highest BCUT2D eigenvalue weighted by Gasteiger charge is 2.01. The van der Waals surface area contributed by atoms with Crippen molar-refractivity contribution in [2.45, 2.75) is 19.8 Å². The Kier molecular flexibility index (Phi) is 1.88. The molecule has 0 fully saturated rings. The van der Waals surface area contributed by atoms with Crippen molar-refractivity contribution >= 4 is 5.84 Å². The summed E-state index contributed by atoms with van der Waals surface area (Å²) in [6.07, 6.45) is 5.95. The summed E-state index contributed by atoms with van der Waals surface area (Å²) in [5.74, 6) is 1.39. The first kappa shape index (κ1) is 6.33. The Morgan fingerprint density at radius 2 is 2.56 bits per heavy atom. The van der Waals surface area contributed by atoms with Gasteiger partial charge in [0, 0.05) is 12.6 Å². The predicted molar refractivity (Wildman–Crippen MR) is 39.2 cm³/mol. The second-order valence-corrected chi connectivity index (χ2v) is 2.48. The third-order valence-electron chi connectivity index (χ3n) is 1.51. The largest absolute Gasteiger partial charge is 0.387 e. The molecule has 2 nitrogen and oxygen atoms in total. The van der Waals surface area contributed by atoms with Gasteiger partial charge in [0.25, 0.3) is 0 Å². The number of hydrogen-bond acceptors (Lipinski definition) is 2. The summed E-state index contributed by atoms with van der Waals surface area (Å²) in [6.45, 7) is 2.17. The van der Waals surface area contributed by atoms with Gasteiger partial charge in [-0.3, -0.25) is 0 Å². The minimum absolute atomic E-state index is 0.634. The van der Waals surface area contributed by atoms with Gasteiger partial charge in [0.15, 0.2) is 0 Å². The quantitative estimate of drug-likeness (QED) is 0.519. The number of allylic oxidation sites excluding steroid dienone is 1. The molecule has 0 saturated heterocycles. The molecule has 0 bridgehead atoms. The van der Waals surface area contributed by atoms with Gasteiger partial charge in [-0.25, -0.2) is 4.99 Å². The Hall–Kier alpha value is -0.790. The van der Waals surface area contributed by atoms with Crippen LogP contribution >= 0.6 is 0 Å². The SMILES string of the molecule is CC1C=CN=C(N)CC1. The highest BCUT2D eigenvalue weighted by atomic mass is 14.8. The lowest BCUT2D eigenvalue weighted by Gasteiger charge is -1.99. The van der Waals surface area contributed by atoms with Crippen LogP contribution in [0, 0.1) is 5.92 Å². The molecule has 0 aromatic carbocycles. The summed E-state index contributed by atoms with van der Waals surface area (Å²) >= 11 is 0. The zero-order valence-electron chi connectivity index (χ0n) is 5.67. The maximum Gasteiger partial charge on any atom is 0.0989 e. The number of rotatable bonds is 0. The highest BCUT2D eigenvalue weighted by Crippen LogP contribution is 2.09. The summed E-state index contributed by atoms with van der Waals surface area (Å²) in [5.41, 5.74) is 5.50. The van der Waals surface area contributed by atoms with E-state index in [2.05, 4.69) is 18.0 Å². The Labute approximate surface area is 55.5 Å². The van der Waals surface area contributed by atoms with Gasteiger partial charge in [-0.15, -0.1) is 0 Å². The summed E-state index contributed by atoms with van der Waals surface area (Å²) in [6, 6.07) is 0. The molecule has 0 aromatic heterocycles. The Morgan fingerprint density at radius 1 is 1.78 bits per heavy atom. The maximum absolute atomic E-state index is 5.50. The smallest absolute Gasteiger partial charge is 0.0989 e. The van der Waals surface area contributed by atoms with E-state index < -0.39 is 0 Å². The second-order valence-electron chi connectivity index (χ2n) is 2.48. The Bertz CT molecular complexity index is 147. The van der Waals surface area contributed by atoms with E-state index in [9.17, 15) is 0 Å². The molecule has 50 valence electrons. The summed E-state index contributed by atoms with van der Waals surface area (Å²) in [7, 11) is 0. The van der Waals surface area contributed by atoms with Crippen molar-refractivity contribution in [2.24, 2.45) is 16.6 Å². The van der Waals surface area contributed by atoms with Crippen molar-refractivity contribution < 1.29 is 0 Å². The van der Waals surface area contributed by atoms with E-state index in [0.717, 1.165) is 18.7 Å². The molecular weight excluding hydrogens is 112 g/mol. The predicted octanol–water partition coefficient (Wildman–Crippen LogP) is 1.29. The minimum Gasteiger partial charge on any atom is -0.387 e. The topological polar surface area (TPSA) is 38.4 Å². The average Bonchev–Trinajstić information content (AvgIpc) is 1.97. The van der Waals surface area contributed by atoms with Crippen LogP contribution in [0.5, 0.6) is 0 Å². The van der Waals surface area contributed by atoms with Gasteiger partial charge in [-0.1, -0.05) is 13.0 Å². The molecule has 0 aromatic rings. The molecule has 0 aliphatic carbocycles. The molecular formula is C7H12N2. The normalized spacial score (nSPS) is 27.2.